The van der Waals surface area contributed by atoms with Crippen LogP contribution in [0.3, 0.4) is 0 Å². The van der Waals surface area contributed by atoms with Crippen molar-refractivity contribution in [3.63, 3.8) is 0 Å². The van der Waals surface area contributed by atoms with Gasteiger partial charge in [-0.15, -0.1) is 0 Å². The Kier molecular flexibility index (Phi) is 3.98. The number of amidine groups is 1. The Hall–Kier alpha value is -2.43. The van der Waals surface area contributed by atoms with Gasteiger partial charge in [0.25, 0.3) is 0 Å². The third-order valence-corrected chi connectivity index (χ3v) is 3.04. The molecule has 0 bridgehead atoms. The van der Waals surface area contributed by atoms with Gasteiger partial charge in [0.2, 0.25) is 0 Å². The van der Waals surface area contributed by atoms with E-state index < -0.39 is 11.6 Å². The van der Waals surface area contributed by atoms with Crippen LogP contribution < -0.4 is 10.6 Å². The third kappa shape index (κ3) is 3.12. The van der Waals surface area contributed by atoms with E-state index in [1.54, 1.807) is 24.3 Å². The van der Waals surface area contributed by atoms with E-state index in [2.05, 4.69) is 0 Å². The van der Waals surface area contributed by atoms with Gasteiger partial charge in [-0.05, 0) is 30.3 Å². The lowest BCUT2D eigenvalue weighted by Gasteiger charge is -2.20. The van der Waals surface area contributed by atoms with Gasteiger partial charge in [-0.25, -0.2) is 8.78 Å². The highest BCUT2D eigenvalue weighted by molar-refractivity contribution is 5.95. The van der Waals surface area contributed by atoms with Crippen LogP contribution in [0.15, 0.2) is 42.5 Å². The molecule has 104 valence electrons. The molecule has 0 heterocycles. The molecule has 0 fully saturated rings. The highest BCUT2D eigenvalue weighted by Gasteiger charge is 2.08. The number of rotatable bonds is 4. The van der Waals surface area contributed by atoms with Crippen LogP contribution in [-0.4, -0.2) is 12.9 Å². The van der Waals surface area contributed by atoms with Crippen LogP contribution in [0.5, 0.6) is 0 Å². The molecule has 0 aliphatic carbocycles. The van der Waals surface area contributed by atoms with Crippen molar-refractivity contribution in [1.29, 1.82) is 5.41 Å². The van der Waals surface area contributed by atoms with Crippen LogP contribution in [0.1, 0.15) is 11.1 Å². The number of halogens is 2. The summed E-state index contributed by atoms with van der Waals surface area (Å²) in [6.07, 6.45) is 0. The predicted molar refractivity (Wildman–Crippen MR) is 75.9 cm³/mol. The SMILES string of the molecule is CN(Cc1ccc(F)cc1F)c1ccc(C(=N)N)cc1. The summed E-state index contributed by atoms with van der Waals surface area (Å²) in [5, 5.41) is 7.32. The lowest BCUT2D eigenvalue weighted by atomic mass is 10.1. The zero-order valence-corrected chi connectivity index (χ0v) is 11.0. The smallest absolute Gasteiger partial charge is 0.131 e. The quantitative estimate of drug-likeness (QED) is 0.666. The summed E-state index contributed by atoms with van der Waals surface area (Å²) in [5.41, 5.74) is 7.30. The molecule has 0 atom stereocenters. The molecule has 0 radical (unpaired) electrons. The third-order valence-electron chi connectivity index (χ3n) is 3.04. The Labute approximate surface area is 116 Å². The molecule has 0 spiro atoms. The van der Waals surface area contributed by atoms with E-state index in [0.717, 1.165) is 11.8 Å². The van der Waals surface area contributed by atoms with Gasteiger partial charge in [0.1, 0.15) is 17.5 Å². The average molecular weight is 275 g/mol. The van der Waals surface area contributed by atoms with Crippen LogP contribution in [0.4, 0.5) is 14.5 Å². The number of hydrogen-bond donors (Lipinski definition) is 2. The second-order valence-electron chi connectivity index (χ2n) is 4.55. The molecule has 2 aromatic carbocycles. The maximum atomic E-state index is 13.6. The van der Waals surface area contributed by atoms with Crippen molar-refractivity contribution in [3.8, 4) is 0 Å². The van der Waals surface area contributed by atoms with Crippen molar-refractivity contribution in [1.82, 2.24) is 0 Å². The van der Waals surface area contributed by atoms with E-state index in [1.807, 2.05) is 11.9 Å². The summed E-state index contributed by atoms with van der Waals surface area (Å²) in [5.74, 6) is -1.14. The van der Waals surface area contributed by atoms with E-state index >= 15 is 0 Å². The first kappa shape index (κ1) is 14.0. The molecule has 0 saturated heterocycles. The molecule has 20 heavy (non-hydrogen) atoms. The minimum atomic E-state index is -0.584. The van der Waals surface area contributed by atoms with Gasteiger partial charge in [-0.3, -0.25) is 5.41 Å². The van der Waals surface area contributed by atoms with Crippen LogP contribution in [0.25, 0.3) is 0 Å². The summed E-state index contributed by atoms with van der Waals surface area (Å²) in [4.78, 5) is 1.83. The van der Waals surface area contributed by atoms with Gasteiger partial charge in [-0.2, -0.15) is 0 Å². The molecule has 3 N–H and O–H groups in total. The largest absolute Gasteiger partial charge is 0.384 e. The topological polar surface area (TPSA) is 53.1 Å². The van der Waals surface area contributed by atoms with Crippen molar-refractivity contribution >= 4 is 11.5 Å². The zero-order valence-electron chi connectivity index (χ0n) is 11.0. The molecule has 2 aromatic rings. The van der Waals surface area contributed by atoms with Gasteiger partial charge in [0, 0.05) is 36.5 Å². The van der Waals surface area contributed by atoms with Gasteiger partial charge in [0.05, 0.1) is 0 Å². The molecule has 0 aliphatic heterocycles. The van der Waals surface area contributed by atoms with E-state index in [1.165, 1.54) is 12.1 Å². The van der Waals surface area contributed by atoms with Crippen LogP contribution in [0.2, 0.25) is 0 Å². The highest BCUT2D eigenvalue weighted by Crippen LogP contribution is 2.18. The fourth-order valence-corrected chi connectivity index (χ4v) is 1.89. The van der Waals surface area contributed by atoms with Crippen molar-refractivity contribution in [3.05, 3.63) is 65.2 Å². The molecule has 0 aliphatic rings. The highest BCUT2D eigenvalue weighted by atomic mass is 19.1. The predicted octanol–water partition coefficient (Wildman–Crippen LogP) is 2.89. The normalized spacial score (nSPS) is 10.3. The first-order valence-electron chi connectivity index (χ1n) is 6.07. The lowest BCUT2D eigenvalue weighted by Crippen LogP contribution is -2.18. The van der Waals surface area contributed by atoms with Gasteiger partial charge in [-0.1, -0.05) is 6.07 Å². The molecule has 0 saturated carbocycles. The summed E-state index contributed by atoms with van der Waals surface area (Å²) in [7, 11) is 1.81. The van der Waals surface area contributed by atoms with Gasteiger partial charge in [0.15, 0.2) is 0 Å². The number of benzene rings is 2. The minimum Gasteiger partial charge on any atom is -0.384 e. The summed E-state index contributed by atoms with van der Waals surface area (Å²) < 4.78 is 26.4. The Morgan fingerprint density at radius 3 is 2.35 bits per heavy atom. The molecule has 2 rings (SSSR count). The number of nitrogens with two attached hydrogens (primary N) is 1. The van der Waals surface area contributed by atoms with Crippen molar-refractivity contribution < 1.29 is 8.78 Å². The van der Waals surface area contributed by atoms with Crippen molar-refractivity contribution in [2.75, 3.05) is 11.9 Å². The fourth-order valence-electron chi connectivity index (χ4n) is 1.89. The lowest BCUT2D eigenvalue weighted by molar-refractivity contribution is 0.571. The molecular weight excluding hydrogens is 260 g/mol. The van der Waals surface area contributed by atoms with Crippen LogP contribution >= 0.6 is 0 Å². The standard InChI is InChI=1S/C15H15F2N3/c1-20(9-11-2-5-12(16)8-14(11)17)13-6-3-10(4-7-13)15(18)19/h2-8H,9H2,1H3,(H3,18,19). The molecule has 0 unspecified atom stereocenters. The Bertz CT molecular complexity index is 624. The maximum Gasteiger partial charge on any atom is 0.131 e. The molecule has 0 aromatic heterocycles. The van der Waals surface area contributed by atoms with E-state index in [0.29, 0.717) is 17.7 Å². The first-order valence-corrected chi connectivity index (χ1v) is 6.07. The van der Waals surface area contributed by atoms with Crippen molar-refractivity contribution in [2.45, 2.75) is 6.54 Å². The monoisotopic (exact) mass is 275 g/mol. The Morgan fingerprint density at radius 2 is 1.80 bits per heavy atom. The summed E-state index contributed by atoms with van der Waals surface area (Å²) >= 11 is 0. The number of nitrogen functional groups attached to an aromatic ring is 1. The summed E-state index contributed by atoms with van der Waals surface area (Å²) in [6.45, 7) is 0.325. The minimum absolute atomic E-state index is 0.00350. The second-order valence-corrected chi connectivity index (χ2v) is 4.55. The maximum absolute atomic E-state index is 13.6. The van der Waals surface area contributed by atoms with E-state index in [9.17, 15) is 8.78 Å². The summed E-state index contributed by atoms with van der Waals surface area (Å²) in [6, 6.07) is 10.6. The molecule has 5 heteroatoms. The molecular formula is C15H15F2N3. The Morgan fingerprint density at radius 1 is 1.15 bits per heavy atom. The fraction of sp³-hybridized carbons (Fsp3) is 0.133. The molecule has 3 nitrogen and oxygen atoms in total. The zero-order chi connectivity index (χ0) is 14.7. The van der Waals surface area contributed by atoms with Gasteiger partial charge >= 0.3 is 0 Å². The molecule has 0 amide bonds. The Balaban J connectivity index is 2.15. The number of hydrogen-bond acceptors (Lipinski definition) is 2. The van der Waals surface area contributed by atoms with Crippen LogP contribution in [-0.2, 0) is 6.54 Å². The van der Waals surface area contributed by atoms with E-state index in [4.69, 9.17) is 11.1 Å². The average Bonchev–Trinajstić information content (AvgIpc) is 2.42. The first-order chi connectivity index (χ1) is 9.47. The number of anilines is 1. The van der Waals surface area contributed by atoms with Crippen molar-refractivity contribution in [2.24, 2.45) is 5.73 Å². The number of nitrogens with one attached hydrogen (secondary N) is 1. The number of nitrogens with zero attached hydrogens (tertiary/aromatic N) is 1. The van der Waals surface area contributed by atoms with Gasteiger partial charge < -0.3 is 10.6 Å². The van der Waals surface area contributed by atoms with Crippen LogP contribution in [0, 0.1) is 17.0 Å². The van der Waals surface area contributed by atoms with E-state index in [-0.39, 0.29) is 5.84 Å². The second kappa shape index (κ2) is 5.69.